The average molecular weight is 353 g/mol. The van der Waals surface area contributed by atoms with Crippen LogP contribution in [-0.2, 0) is 16.0 Å². The number of nitrogens with one attached hydrogen (secondary N) is 2. The largest absolute Gasteiger partial charge is 0.373 e. The van der Waals surface area contributed by atoms with E-state index in [9.17, 15) is 4.79 Å². The fourth-order valence-electron chi connectivity index (χ4n) is 2.34. The van der Waals surface area contributed by atoms with Gasteiger partial charge >= 0.3 is 12.2 Å². The third-order valence-electron chi connectivity index (χ3n) is 3.44. The van der Waals surface area contributed by atoms with Gasteiger partial charge in [-0.1, -0.05) is 6.07 Å². The van der Waals surface area contributed by atoms with Crippen LogP contribution in [0.5, 0.6) is 0 Å². The Labute approximate surface area is 149 Å². The first-order valence-electron chi connectivity index (χ1n) is 7.49. The van der Waals surface area contributed by atoms with Crippen LogP contribution in [0, 0.1) is 11.3 Å². The molecule has 7 heteroatoms. The first kappa shape index (κ1) is 18.3. The molecule has 2 aromatic rings. The number of urea groups is 1. The summed E-state index contributed by atoms with van der Waals surface area (Å²) in [6.07, 6.45) is 2.57. The van der Waals surface area contributed by atoms with E-state index in [1.807, 2.05) is 30.0 Å². The van der Waals surface area contributed by atoms with Gasteiger partial charge in [0.05, 0.1) is 11.6 Å². The number of aryl methyl sites for hydroxylation is 1. The Morgan fingerprint density at radius 1 is 1.04 bits per heavy atom. The maximum Gasteiger partial charge on any atom is 0.373 e. The topological polar surface area (TPSA) is 99.1 Å². The van der Waals surface area contributed by atoms with Gasteiger partial charge in [0, 0.05) is 16.3 Å². The van der Waals surface area contributed by atoms with Crippen molar-refractivity contribution in [2.45, 2.75) is 17.7 Å². The molecule has 1 aliphatic rings. The number of fused-ring (bicyclic) bond motifs is 1. The van der Waals surface area contributed by atoms with Gasteiger partial charge in [-0.05, 0) is 60.6 Å². The maximum atomic E-state index is 12.0. The second kappa shape index (κ2) is 9.28. The number of carbonyl (C=O) groups is 1. The second-order valence-electron chi connectivity index (χ2n) is 5.13. The molecule has 0 bridgehead atoms. The molecule has 1 heterocycles. The second-order valence-corrected chi connectivity index (χ2v) is 6.26. The summed E-state index contributed by atoms with van der Waals surface area (Å²) in [5, 5.41) is 14.3. The van der Waals surface area contributed by atoms with E-state index in [4.69, 9.17) is 14.9 Å². The van der Waals surface area contributed by atoms with E-state index >= 15 is 0 Å². The molecule has 0 atom stereocenters. The van der Waals surface area contributed by atoms with E-state index in [1.165, 1.54) is 16.9 Å². The number of thioether (sulfide) groups is 1. The number of hydrogen-bond acceptors (Lipinski definition) is 5. The van der Waals surface area contributed by atoms with Gasteiger partial charge in [-0.3, -0.25) is 0 Å². The van der Waals surface area contributed by atoms with Gasteiger partial charge in [-0.2, -0.15) is 14.9 Å². The van der Waals surface area contributed by atoms with Crippen LogP contribution in [-0.4, -0.2) is 17.9 Å². The van der Waals surface area contributed by atoms with Crippen molar-refractivity contribution in [2.24, 2.45) is 0 Å². The molecule has 0 unspecified atom stereocenters. The number of amides is 2. The van der Waals surface area contributed by atoms with Crippen LogP contribution in [0.1, 0.15) is 17.5 Å². The van der Waals surface area contributed by atoms with Gasteiger partial charge in [0.15, 0.2) is 0 Å². The first-order chi connectivity index (χ1) is 12.2. The highest BCUT2D eigenvalue weighted by atomic mass is 32.2. The predicted molar refractivity (Wildman–Crippen MR) is 94.3 cm³/mol. The molecule has 0 saturated heterocycles. The monoisotopic (exact) mass is 353 g/mol. The summed E-state index contributed by atoms with van der Waals surface area (Å²) in [5.41, 5.74) is 3.37. The number of nitrogens with zero attached hydrogens (tertiary/aromatic N) is 1. The molecule has 0 saturated carbocycles. The number of nitriles is 1. The highest BCUT2D eigenvalue weighted by Gasteiger charge is 2.11. The number of benzene rings is 2. The maximum absolute atomic E-state index is 12.0. The number of hydrogen-bond donors (Lipinski definition) is 2. The van der Waals surface area contributed by atoms with Crippen LogP contribution >= 0.6 is 11.8 Å². The normalized spacial score (nSPS) is 11.6. The summed E-state index contributed by atoms with van der Waals surface area (Å²) in [6.45, 7) is 0. The van der Waals surface area contributed by atoms with Crippen LogP contribution in [0.2, 0.25) is 0 Å². The lowest BCUT2D eigenvalue weighted by atomic mass is 10.1. The lowest BCUT2D eigenvalue weighted by Crippen LogP contribution is -2.19. The quantitative estimate of drug-likeness (QED) is 0.858. The molecule has 6 nitrogen and oxygen atoms in total. The molecule has 0 aromatic heterocycles. The van der Waals surface area contributed by atoms with Crippen LogP contribution < -0.4 is 10.6 Å². The molecule has 3 rings (SSSR count). The van der Waals surface area contributed by atoms with Crippen LogP contribution in [0.15, 0.2) is 47.4 Å². The van der Waals surface area contributed by atoms with Crippen molar-refractivity contribution in [3.8, 4) is 6.07 Å². The van der Waals surface area contributed by atoms with Crippen LogP contribution in [0.25, 0.3) is 0 Å². The van der Waals surface area contributed by atoms with E-state index in [1.54, 1.807) is 24.3 Å². The zero-order valence-electron chi connectivity index (χ0n) is 13.2. The smallest absolute Gasteiger partial charge is 0.308 e. The summed E-state index contributed by atoms with van der Waals surface area (Å²) in [6, 6.07) is 14.6. The van der Waals surface area contributed by atoms with E-state index in [0.717, 1.165) is 17.9 Å². The highest BCUT2D eigenvalue weighted by Crippen LogP contribution is 2.32. The molecule has 25 heavy (non-hydrogen) atoms. The number of carbonyl (C=O) groups excluding carboxylic acids is 3. The summed E-state index contributed by atoms with van der Waals surface area (Å²) in [4.78, 5) is 29.5. The third-order valence-corrected chi connectivity index (χ3v) is 4.63. The van der Waals surface area contributed by atoms with Crippen LogP contribution in [0.3, 0.4) is 0 Å². The SMILES string of the molecule is N#Cc1ccc(NC(=O)Nc2ccc3c(c2)SCCC3)cc1.O=C=O. The predicted octanol–water partition coefficient (Wildman–Crippen LogP) is 3.66. The molecule has 126 valence electrons. The zero-order valence-corrected chi connectivity index (χ0v) is 14.1. The molecule has 1 aliphatic heterocycles. The summed E-state index contributed by atoms with van der Waals surface area (Å²) >= 11 is 1.84. The van der Waals surface area contributed by atoms with Crippen LogP contribution in [0.4, 0.5) is 16.2 Å². The first-order valence-corrected chi connectivity index (χ1v) is 8.48. The van der Waals surface area contributed by atoms with Crippen molar-refractivity contribution < 1.29 is 14.4 Å². The zero-order chi connectivity index (χ0) is 18.1. The summed E-state index contributed by atoms with van der Waals surface area (Å²) in [5.74, 6) is 1.13. The molecule has 2 amide bonds. The van der Waals surface area contributed by atoms with Crippen molar-refractivity contribution in [1.82, 2.24) is 0 Å². The minimum atomic E-state index is -0.287. The lowest BCUT2D eigenvalue weighted by molar-refractivity contribution is -0.191. The van der Waals surface area contributed by atoms with E-state index in [0.29, 0.717) is 11.3 Å². The lowest BCUT2D eigenvalue weighted by Gasteiger charge is -2.16. The molecule has 2 aromatic carbocycles. The molecule has 0 radical (unpaired) electrons. The molecule has 0 spiro atoms. The van der Waals surface area contributed by atoms with Crippen molar-refractivity contribution in [3.05, 3.63) is 53.6 Å². The summed E-state index contributed by atoms with van der Waals surface area (Å²) in [7, 11) is 0. The Hall–Kier alpha value is -3.07. The number of rotatable bonds is 2. The number of anilines is 2. The van der Waals surface area contributed by atoms with Gasteiger partial charge in [-0.15, -0.1) is 11.8 Å². The Morgan fingerprint density at radius 2 is 1.68 bits per heavy atom. The van der Waals surface area contributed by atoms with E-state index in [-0.39, 0.29) is 12.2 Å². The Morgan fingerprint density at radius 3 is 2.36 bits per heavy atom. The van der Waals surface area contributed by atoms with Gasteiger partial charge in [0.1, 0.15) is 0 Å². The Balaban J connectivity index is 0.000000701. The highest BCUT2D eigenvalue weighted by molar-refractivity contribution is 7.99. The van der Waals surface area contributed by atoms with Gasteiger partial charge in [0.25, 0.3) is 0 Å². The standard InChI is InChI=1S/C17H15N3OS.CO2/c18-11-12-3-6-14(7-4-12)19-17(21)20-15-8-5-13-2-1-9-22-16(13)10-15;2-1-3/h3-8,10H,1-2,9H2,(H2,19,20,21);. The van der Waals surface area contributed by atoms with Crippen molar-refractivity contribution in [3.63, 3.8) is 0 Å². The molecule has 0 fully saturated rings. The molecular formula is C18H15N3O3S. The fraction of sp³-hybridized carbons (Fsp3) is 0.167. The average Bonchev–Trinajstić information content (AvgIpc) is 2.63. The summed E-state index contributed by atoms with van der Waals surface area (Å²) < 4.78 is 0. The Bertz CT molecular complexity index is 822. The fourth-order valence-corrected chi connectivity index (χ4v) is 3.41. The third kappa shape index (κ3) is 5.50. The van der Waals surface area contributed by atoms with Crippen molar-refractivity contribution in [1.29, 1.82) is 5.26 Å². The van der Waals surface area contributed by atoms with Crippen molar-refractivity contribution >= 4 is 35.3 Å². The molecular weight excluding hydrogens is 338 g/mol. The van der Waals surface area contributed by atoms with Gasteiger partial charge in [0.2, 0.25) is 0 Å². The van der Waals surface area contributed by atoms with Gasteiger partial charge in [-0.25, -0.2) is 4.79 Å². The minimum absolute atomic E-state index is 0.250. The minimum Gasteiger partial charge on any atom is -0.308 e. The van der Waals surface area contributed by atoms with Crippen molar-refractivity contribution in [2.75, 3.05) is 16.4 Å². The van der Waals surface area contributed by atoms with E-state index < -0.39 is 0 Å². The Kier molecular flexibility index (Phi) is 6.78. The van der Waals surface area contributed by atoms with Gasteiger partial charge < -0.3 is 10.6 Å². The van der Waals surface area contributed by atoms with E-state index in [2.05, 4.69) is 16.7 Å². The molecule has 2 N–H and O–H groups in total. The molecule has 0 aliphatic carbocycles.